The molecule has 1 N–H and O–H groups in total. The molecule has 1 aliphatic heterocycles. The van der Waals surface area contributed by atoms with Gasteiger partial charge in [-0.3, -0.25) is 4.79 Å². The van der Waals surface area contributed by atoms with Gasteiger partial charge in [0.05, 0.1) is 5.02 Å². The van der Waals surface area contributed by atoms with E-state index in [0.717, 1.165) is 30.9 Å². The lowest BCUT2D eigenvalue weighted by atomic mass is 10.1. The predicted octanol–water partition coefficient (Wildman–Crippen LogP) is 2.91. The van der Waals surface area contributed by atoms with E-state index in [4.69, 9.17) is 11.6 Å². The van der Waals surface area contributed by atoms with Crippen molar-refractivity contribution < 1.29 is 4.79 Å². The minimum Gasteiger partial charge on any atom is -0.342 e. The fourth-order valence-electron chi connectivity index (χ4n) is 2.72. The summed E-state index contributed by atoms with van der Waals surface area (Å²) in [5, 5.41) is 3.95. The van der Waals surface area contributed by atoms with Gasteiger partial charge < -0.3 is 14.8 Å². The normalized spacial score (nSPS) is 14.7. The highest BCUT2D eigenvalue weighted by Gasteiger charge is 2.24. The molecule has 0 atom stereocenters. The van der Waals surface area contributed by atoms with Crippen LogP contribution in [0.4, 0.5) is 5.69 Å². The number of aromatic nitrogens is 1. The van der Waals surface area contributed by atoms with Gasteiger partial charge in [-0.25, -0.2) is 0 Å². The van der Waals surface area contributed by atoms with Crippen molar-refractivity contribution in [3.63, 3.8) is 0 Å². The zero-order valence-electron chi connectivity index (χ0n) is 12.0. The minimum absolute atomic E-state index is 0.0000926. The summed E-state index contributed by atoms with van der Waals surface area (Å²) in [5.41, 5.74) is 2.76. The molecule has 3 rings (SSSR count). The molecular weight excluding hydrogens is 286 g/mol. The fourth-order valence-corrected chi connectivity index (χ4v) is 2.94. The van der Waals surface area contributed by atoms with E-state index in [0.29, 0.717) is 17.3 Å². The number of benzene rings is 1. The highest BCUT2D eigenvalue weighted by Crippen LogP contribution is 2.25. The van der Waals surface area contributed by atoms with Gasteiger partial charge in [0.2, 0.25) is 0 Å². The Morgan fingerprint density at radius 1 is 1.38 bits per heavy atom. The van der Waals surface area contributed by atoms with Crippen molar-refractivity contribution in [2.24, 2.45) is 0 Å². The summed E-state index contributed by atoms with van der Waals surface area (Å²) < 4.78 is 1.89. The summed E-state index contributed by atoms with van der Waals surface area (Å²) in [6, 6.07) is 9.77. The van der Waals surface area contributed by atoms with Crippen LogP contribution in [0.25, 0.3) is 0 Å². The molecule has 1 aromatic heterocycles. The van der Waals surface area contributed by atoms with Crippen LogP contribution in [0.3, 0.4) is 0 Å². The Bertz CT molecular complexity index is 665. The molecule has 1 aromatic carbocycles. The van der Waals surface area contributed by atoms with E-state index in [9.17, 15) is 4.79 Å². The van der Waals surface area contributed by atoms with Gasteiger partial charge >= 0.3 is 0 Å². The lowest BCUT2D eigenvalue weighted by Crippen LogP contribution is -2.35. The van der Waals surface area contributed by atoms with Gasteiger partial charge in [0.15, 0.2) is 0 Å². The van der Waals surface area contributed by atoms with E-state index >= 15 is 0 Å². The van der Waals surface area contributed by atoms with Crippen LogP contribution < -0.4 is 10.2 Å². The SMILES string of the molecule is CCn1cc(Cl)cc1C(=O)N1CCNCc2ccccc21. The Hall–Kier alpha value is -1.78. The molecule has 21 heavy (non-hydrogen) atoms. The number of rotatable bonds is 2. The molecular formula is C16H18ClN3O. The number of halogens is 1. The first-order valence-electron chi connectivity index (χ1n) is 7.17. The van der Waals surface area contributed by atoms with Crippen LogP contribution in [-0.4, -0.2) is 23.6 Å². The standard InChI is InChI=1S/C16H18ClN3O/c1-2-19-11-13(17)9-15(19)16(21)20-8-7-18-10-12-5-3-4-6-14(12)20/h3-6,9,11,18H,2,7-8,10H2,1H3. The Morgan fingerprint density at radius 2 is 2.19 bits per heavy atom. The number of hydrogen-bond acceptors (Lipinski definition) is 2. The molecule has 0 saturated heterocycles. The van der Waals surface area contributed by atoms with Gasteiger partial charge in [-0.15, -0.1) is 0 Å². The summed E-state index contributed by atoms with van der Waals surface area (Å²) in [6.45, 7) is 4.95. The van der Waals surface area contributed by atoms with Gasteiger partial charge in [-0.05, 0) is 24.6 Å². The van der Waals surface area contributed by atoms with Crippen molar-refractivity contribution in [3.8, 4) is 0 Å². The molecule has 110 valence electrons. The number of fused-ring (bicyclic) bond motifs is 1. The molecule has 0 bridgehead atoms. The predicted molar refractivity (Wildman–Crippen MR) is 84.9 cm³/mol. The van der Waals surface area contributed by atoms with Crippen LogP contribution in [0.5, 0.6) is 0 Å². The third kappa shape index (κ3) is 2.69. The number of aryl methyl sites for hydroxylation is 1. The first-order valence-corrected chi connectivity index (χ1v) is 7.54. The zero-order chi connectivity index (χ0) is 14.8. The molecule has 0 unspecified atom stereocenters. The Morgan fingerprint density at radius 3 is 3.00 bits per heavy atom. The smallest absolute Gasteiger partial charge is 0.274 e. The Labute approximate surface area is 129 Å². The second-order valence-corrected chi connectivity index (χ2v) is 5.53. The maximum absolute atomic E-state index is 12.9. The first kappa shape index (κ1) is 14.2. The third-order valence-corrected chi connectivity index (χ3v) is 3.98. The molecule has 2 heterocycles. The molecule has 1 aliphatic rings. The highest BCUT2D eigenvalue weighted by molar-refractivity contribution is 6.31. The van der Waals surface area contributed by atoms with Crippen LogP contribution in [0.2, 0.25) is 5.02 Å². The number of nitrogens with one attached hydrogen (secondary N) is 1. The van der Waals surface area contributed by atoms with E-state index in [1.165, 1.54) is 0 Å². The quantitative estimate of drug-likeness (QED) is 0.926. The number of hydrogen-bond donors (Lipinski definition) is 1. The van der Waals surface area contributed by atoms with E-state index < -0.39 is 0 Å². The number of carbonyl (C=O) groups is 1. The Kier molecular flexibility index (Phi) is 3.99. The average Bonchev–Trinajstić information content (AvgIpc) is 2.75. The van der Waals surface area contributed by atoms with E-state index in [1.54, 1.807) is 12.3 Å². The summed E-state index contributed by atoms with van der Waals surface area (Å²) >= 11 is 6.06. The highest BCUT2D eigenvalue weighted by atomic mass is 35.5. The van der Waals surface area contributed by atoms with Crippen molar-refractivity contribution in [2.75, 3.05) is 18.0 Å². The number of nitrogens with zero attached hydrogens (tertiary/aromatic N) is 2. The molecule has 5 heteroatoms. The number of carbonyl (C=O) groups excluding carboxylic acids is 1. The van der Waals surface area contributed by atoms with E-state index in [1.807, 2.05) is 34.6 Å². The molecule has 4 nitrogen and oxygen atoms in total. The lowest BCUT2D eigenvalue weighted by Gasteiger charge is -2.23. The van der Waals surface area contributed by atoms with Crippen LogP contribution >= 0.6 is 11.6 Å². The average molecular weight is 304 g/mol. The van der Waals surface area contributed by atoms with Crippen LogP contribution in [0, 0.1) is 0 Å². The molecule has 2 aromatic rings. The van der Waals surface area contributed by atoms with Crippen molar-refractivity contribution in [2.45, 2.75) is 20.0 Å². The molecule has 0 saturated carbocycles. The van der Waals surface area contributed by atoms with Gasteiger partial charge in [0.25, 0.3) is 5.91 Å². The van der Waals surface area contributed by atoms with Gasteiger partial charge in [-0.1, -0.05) is 29.8 Å². The summed E-state index contributed by atoms with van der Waals surface area (Å²) in [5.74, 6) is -0.0000926. The summed E-state index contributed by atoms with van der Waals surface area (Å²) in [7, 11) is 0. The van der Waals surface area contributed by atoms with E-state index in [2.05, 4.69) is 11.4 Å². The molecule has 0 aliphatic carbocycles. The fraction of sp³-hybridized carbons (Fsp3) is 0.312. The monoisotopic (exact) mass is 303 g/mol. The second-order valence-electron chi connectivity index (χ2n) is 5.09. The summed E-state index contributed by atoms with van der Waals surface area (Å²) in [6.07, 6.45) is 1.80. The van der Waals surface area contributed by atoms with Crippen molar-refractivity contribution in [1.29, 1.82) is 0 Å². The van der Waals surface area contributed by atoms with Crippen LogP contribution in [0.15, 0.2) is 36.5 Å². The maximum atomic E-state index is 12.9. The molecule has 0 radical (unpaired) electrons. The zero-order valence-corrected chi connectivity index (χ0v) is 12.7. The number of anilines is 1. The Balaban J connectivity index is 2.01. The van der Waals surface area contributed by atoms with Gasteiger partial charge in [-0.2, -0.15) is 0 Å². The van der Waals surface area contributed by atoms with Crippen molar-refractivity contribution in [1.82, 2.24) is 9.88 Å². The second kappa shape index (κ2) is 5.92. The minimum atomic E-state index is -0.0000926. The van der Waals surface area contributed by atoms with Crippen LogP contribution in [-0.2, 0) is 13.1 Å². The molecule has 0 fully saturated rings. The number of para-hydroxylation sites is 1. The van der Waals surface area contributed by atoms with Gasteiger partial charge in [0.1, 0.15) is 5.69 Å². The molecule has 1 amide bonds. The van der Waals surface area contributed by atoms with E-state index in [-0.39, 0.29) is 5.91 Å². The number of amides is 1. The third-order valence-electron chi connectivity index (χ3n) is 3.78. The molecule has 0 spiro atoms. The lowest BCUT2D eigenvalue weighted by molar-refractivity contribution is 0.0979. The first-order chi connectivity index (χ1) is 10.2. The summed E-state index contributed by atoms with van der Waals surface area (Å²) in [4.78, 5) is 14.8. The van der Waals surface area contributed by atoms with Crippen molar-refractivity contribution >= 4 is 23.2 Å². The maximum Gasteiger partial charge on any atom is 0.274 e. The largest absolute Gasteiger partial charge is 0.342 e. The van der Waals surface area contributed by atoms with Crippen LogP contribution in [0.1, 0.15) is 23.0 Å². The topological polar surface area (TPSA) is 37.3 Å². The van der Waals surface area contributed by atoms with Gasteiger partial charge in [0, 0.05) is 38.1 Å². The van der Waals surface area contributed by atoms with Crippen molar-refractivity contribution in [3.05, 3.63) is 52.8 Å².